The van der Waals surface area contributed by atoms with Crippen molar-refractivity contribution in [1.29, 1.82) is 5.41 Å². The summed E-state index contributed by atoms with van der Waals surface area (Å²) in [5.41, 5.74) is -1.30. The third-order valence-corrected chi connectivity index (χ3v) is 1.54. The third-order valence-electron chi connectivity index (χ3n) is 1.54. The lowest BCUT2D eigenvalue weighted by Crippen LogP contribution is -2.37. The minimum atomic E-state index is -1.70. The SMILES string of the molecule is CC(C)(C)OC(=O)C(C(=N)CC=O)C(=O)O. The van der Waals surface area contributed by atoms with E-state index in [1.54, 1.807) is 20.8 Å². The average Bonchev–Trinajstić information content (AvgIpc) is 1.99. The molecule has 0 heterocycles. The molecule has 1 atom stereocenters. The van der Waals surface area contributed by atoms with Crippen LogP contribution in [0.1, 0.15) is 27.2 Å². The molecule has 6 nitrogen and oxygen atoms in total. The molecule has 0 fully saturated rings. The van der Waals surface area contributed by atoms with Gasteiger partial charge in [0, 0.05) is 12.1 Å². The van der Waals surface area contributed by atoms with E-state index in [-0.39, 0.29) is 0 Å². The number of carboxylic acid groups (broad SMARTS) is 1. The molecule has 0 aliphatic heterocycles. The normalized spacial score (nSPS) is 12.7. The van der Waals surface area contributed by atoms with Crippen LogP contribution in [0.5, 0.6) is 0 Å². The minimum absolute atomic E-state index is 0.378. The molecule has 6 heteroatoms. The maximum absolute atomic E-state index is 11.5. The van der Waals surface area contributed by atoms with Crippen LogP contribution in [0.15, 0.2) is 0 Å². The van der Waals surface area contributed by atoms with Crippen LogP contribution in [0.25, 0.3) is 0 Å². The number of rotatable bonds is 5. The number of hydrogen-bond acceptors (Lipinski definition) is 5. The van der Waals surface area contributed by atoms with Gasteiger partial charge in [0.25, 0.3) is 0 Å². The molecule has 0 saturated carbocycles. The number of aliphatic carboxylic acids is 1. The maximum atomic E-state index is 11.5. The van der Waals surface area contributed by atoms with E-state index >= 15 is 0 Å². The van der Waals surface area contributed by atoms with Crippen LogP contribution in [0.2, 0.25) is 0 Å². The van der Waals surface area contributed by atoms with Crippen molar-refractivity contribution in [3.05, 3.63) is 0 Å². The molecule has 2 N–H and O–H groups in total. The maximum Gasteiger partial charge on any atom is 0.326 e. The Morgan fingerprint density at radius 2 is 1.94 bits per heavy atom. The van der Waals surface area contributed by atoms with Gasteiger partial charge in [-0.2, -0.15) is 0 Å². The van der Waals surface area contributed by atoms with E-state index in [2.05, 4.69) is 0 Å². The molecule has 0 saturated heterocycles. The van der Waals surface area contributed by atoms with E-state index in [9.17, 15) is 14.4 Å². The summed E-state index contributed by atoms with van der Waals surface area (Å²) >= 11 is 0. The lowest BCUT2D eigenvalue weighted by molar-refractivity contribution is -0.163. The Morgan fingerprint density at radius 1 is 1.44 bits per heavy atom. The van der Waals surface area contributed by atoms with Crippen molar-refractivity contribution in [3.8, 4) is 0 Å². The number of hydrogen-bond donors (Lipinski definition) is 2. The van der Waals surface area contributed by atoms with Gasteiger partial charge in [-0.05, 0) is 20.8 Å². The summed E-state index contributed by atoms with van der Waals surface area (Å²) in [5, 5.41) is 16.1. The lowest BCUT2D eigenvalue weighted by Gasteiger charge is -2.22. The lowest BCUT2D eigenvalue weighted by atomic mass is 10.0. The second-order valence-electron chi connectivity index (χ2n) is 4.20. The molecule has 0 aromatic heterocycles. The predicted octanol–water partition coefficient (Wildman–Crippen LogP) is 0.638. The van der Waals surface area contributed by atoms with E-state index in [0.717, 1.165) is 0 Å². The van der Waals surface area contributed by atoms with Gasteiger partial charge < -0.3 is 20.0 Å². The third kappa shape index (κ3) is 4.68. The summed E-state index contributed by atoms with van der Waals surface area (Å²) < 4.78 is 4.85. The highest BCUT2D eigenvalue weighted by atomic mass is 16.6. The molecule has 0 aliphatic rings. The van der Waals surface area contributed by atoms with Crippen LogP contribution in [0.3, 0.4) is 0 Å². The number of ether oxygens (including phenoxy) is 1. The van der Waals surface area contributed by atoms with Crippen molar-refractivity contribution < 1.29 is 24.2 Å². The van der Waals surface area contributed by atoms with Crippen molar-refractivity contribution in [2.75, 3.05) is 0 Å². The topological polar surface area (TPSA) is 105 Å². The van der Waals surface area contributed by atoms with Crippen LogP contribution < -0.4 is 0 Å². The Balaban J connectivity index is 4.80. The van der Waals surface area contributed by atoms with Crippen LogP contribution in [-0.2, 0) is 19.1 Å². The molecule has 0 amide bonds. The van der Waals surface area contributed by atoms with Crippen LogP contribution >= 0.6 is 0 Å². The van der Waals surface area contributed by atoms with Crippen LogP contribution in [0.4, 0.5) is 0 Å². The average molecular weight is 229 g/mol. The molecule has 0 radical (unpaired) electrons. The number of carbonyl (C=O) groups is 3. The molecule has 90 valence electrons. The largest absolute Gasteiger partial charge is 0.480 e. The summed E-state index contributed by atoms with van der Waals surface area (Å²) in [4.78, 5) is 32.4. The standard InChI is InChI=1S/C10H15NO5/c1-10(2,3)16-9(15)7(8(13)14)6(11)4-5-12/h5,7,11H,4H2,1-3H3,(H,13,14). The van der Waals surface area contributed by atoms with E-state index < -0.39 is 35.6 Å². The van der Waals surface area contributed by atoms with Gasteiger partial charge in [0.05, 0.1) is 0 Å². The highest BCUT2D eigenvalue weighted by Crippen LogP contribution is 2.13. The zero-order chi connectivity index (χ0) is 12.9. The van der Waals surface area contributed by atoms with Crippen molar-refractivity contribution in [2.24, 2.45) is 5.92 Å². The first kappa shape index (κ1) is 14.3. The quantitative estimate of drug-likeness (QED) is 0.311. The Kier molecular flexibility index (Phi) is 4.81. The van der Waals surface area contributed by atoms with Crippen molar-refractivity contribution >= 4 is 23.9 Å². The zero-order valence-electron chi connectivity index (χ0n) is 9.44. The van der Waals surface area contributed by atoms with E-state index in [4.69, 9.17) is 15.3 Å². The minimum Gasteiger partial charge on any atom is -0.480 e. The fourth-order valence-electron chi connectivity index (χ4n) is 0.960. The number of carbonyl (C=O) groups excluding carboxylic acids is 2. The molecule has 16 heavy (non-hydrogen) atoms. The molecular formula is C10H15NO5. The smallest absolute Gasteiger partial charge is 0.326 e. The van der Waals surface area contributed by atoms with E-state index in [1.165, 1.54) is 0 Å². The van der Waals surface area contributed by atoms with Gasteiger partial charge in [0.2, 0.25) is 0 Å². The van der Waals surface area contributed by atoms with Gasteiger partial charge in [-0.1, -0.05) is 0 Å². The highest BCUT2D eigenvalue weighted by molar-refractivity contribution is 6.17. The molecule has 0 rings (SSSR count). The highest BCUT2D eigenvalue weighted by Gasteiger charge is 2.34. The van der Waals surface area contributed by atoms with Crippen LogP contribution in [0, 0.1) is 11.3 Å². The number of esters is 1. The van der Waals surface area contributed by atoms with Gasteiger partial charge in [0.1, 0.15) is 11.9 Å². The fourth-order valence-corrected chi connectivity index (χ4v) is 0.960. The first-order valence-electron chi connectivity index (χ1n) is 4.65. The van der Waals surface area contributed by atoms with E-state index in [0.29, 0.717) is 6.29 Å². The van der Waals surface area contributed by atoms with Crippen LogP contribution in [-0.4, -0.2) is 34.6 Å². The second-order valence-corrected chi connectivity index (χ2v) is 4.20. The van der Waals surface area contributed by atoms with Crippen molar-refractivity contribution in [2.45, 2.75) is 32.8 Å². The Bertz CT molecular complexity index is 316. The molecule has 0 bridgehead atoms. The summed E-state index contributed by atoms with van der Waals surface area (Å²) in [7, 11) is 0. The van der Waals surface area contributed by atoms with E-state index in [1.807, 2.05) is 0 Å². The first-order valence-corrected chi connectivity index (χ1v) is 4.65. The fraction of sp³-hybridized carbons (Fsp3) is 0.600. The summed E-state index contributed by atoms with van der Waals surface area (Å²) in [6.45, 7) is 4.77. The molecule has 1 unspecified atom stereocenters. The van der Waals surface area contributed by atoms with Crippen molar-refractivity contribution in [3.63, 3.8) is 0 Å². The van der Waals surface area contributed by atoms with Gasteiger partial charge in [-0.25, -0.2) is 0 Å². The predicted molar refractivity (Wildman–Crippen MR) is 55.4 cm³/mol. The van der Waals surface area contributed by atoms with Gasteiger partial charge in [-0.15, -0.1) is 0 Å². The van der Waals surface area contributed by atoms with Gasteiger partial charge in [0.15, 0.2) is 5.92 Å². The van der Waals surface area contributed by atoms with Gasteiger partial charge in [-0.3, -0.25) is 9.59 Å². The molecule has 0 aliphatic carbocycles. The molecular weight excluding hydrogens is 214 g/mol. The summed E-state index contributed by atoms with van der Waals surface area (Å²) in [6.07, 6.45) is -0.0150. The Hall–Kier alpha value is -1.72. The monoisotopic (exact) mass is 229 g/mol. The van der Waals surface area contributed by atoms with Crippen molar-refractivity contribution in [1.82, 2.24) is 0 Å². The first-order chi connectivity index (χ1) is 7.19. The number of nitrogens with one attached hydrogen (secondary N) is 1. The Labute approximate surface area is 93.1 Å². The second kappa shape index (κ2) is 5.39. The summed E-state index contributed by atoms with van der Waals surface area (Å²) in [6, 6.07) is 0. The number of aldehydes is 1. The zero-order valence-corrected chi connectivity index (χ0v) is 9.44. The van der Waals surface area contributed by atoms with Gasteiger partial charge >= 0.3 is 11.9 Å². The Morgan fingerprint density at radius 3 is 2.25 bits per heavy atom. The molecule has 0 aromatic carbocycles. The summed E-state index contributed by atoms with van der Waals surface area (Å²) in [5.74, 6) is -4.21. The number of carboxylic acids is 1. The molecule has 0 spiro atoms. The molecule has 0 aromatic rings.